The van der Waals surface area contributed by atoms with E-state index in [2.05, 4.69) is 41.1 Å². The van der Waals surface area contributed by atoms with Crippen molar-refractivity contribution >= 4 is 5.69 Å². The Morgan fingerprint density at radius 3 is 2.58 bits per heavy atom. The van der Waals surface area contributed by atoms with Crippen LogP contribution < -0.4 is 5.73 Å². The summed E-state index contributed by atoms with van der Waals surface area (Å²) in [5.74, 6) is 0. The molecular weight excluding hydrogens is 234 g/mol. The summed E-state index contributed by atoms with van der Waals surface area (Å²) in [7, 11) is 0. The largest absolute Gasteiger partial charge is 0.399 e. The molecule has 0 saturated carbocycles. The Hall–Kier alpha value is -1.87. The zero-order chi connectivity index (χ0) is 13.5. The van der Waals surface area contributed by atoms with Crippen LogP contribution in [-0.4, -0.2) is 23.0 Å². The van der Waals surface area contributed by atoms with Gasteiger partial charge in [0.25, 0.3) is 0 Å². The maximum Gasteiger partial charge on any atom is 0.0316 e. The Bertz CT molecular complexity index is 496. The minimum Gasteiger partial charge on any atom is -0.399 e. The van der Waals surface area contributed by atoms with Crippen LogP contribution >= 0.6 is 0 Å². The molecule has 0 aliphatic rings. The van der Waals surface area contributed by atoms with Crippen LogP contribution in [0.4, 0.5) is 5.69 Å². The third kappa shape index (κ3) is 4.38. The fourth-order valence-corrected chi connectivity index (χ4v) is 2.13. The molecule has 100 valence electrons. The molecule has 0 unspecified atom stereocenters. The predicted octanol–water partition coefficient (Wildman–Crippen LogP) is 2.73. The van der Waals surface area contributed by atoms with E-state index in [4.69, 9.17) is 5.73 Å². The Labute approximate surface area is 115 Å². The molecule has 0 atom stereocenters. The number of pyridine rings is 1. The van der Waals surface area contributed by atoms with E-state index in [1.165, 1.54) is 11.1 Å². The van der Waals surface area contributed by atoms with Crippen molar-refractivity contribution in [3.63, 3.8) is 0 Å². The lowest BCUT2D eigenvalue weighted by molar-refractivity contribution is 0.283. The average molecular weight is 255 g/mol. The van der Waals surface area contributed by atoms with Crippen molar-refractivity contribution in [3.05, 3.63) is 59.9 Å². The highest BCUT2D eigenvalue weighted by Gasteiger charge is 2.04. The molecule has 19 heavy (non-hydrogen) atoms. The molecule has 0 spiro atoms. The zero-order valence-corrected chi connectivity index (χ0v) is 11.4. The molecule has 0 amide bonds. The molecule has 2 rings (SSSR count). The normalized spacial score (nSPS) is 10.8. The molecular formula is C16H21N3. The standard InChI is InChI=1S/C16H21N3/c1-2-19(13-15-6-9-18-10-7-15)11-8-14-4-3-5-16(17)12-14/h3-7,9-10,12H,2,8,11,13,17H2,1H3. The first-order chi connectivity index (χ1) is 9.28. The van der Waals surface area contributed by atoms with Gasteiger partial charge in [-0.3, -0.25) is 9.88 Å². The zero-order valence-electron chi connectivity index (χ0n) is 11.4. The van der Waals surface area contributed by atoms with Crippen LogP contribution in [0.5, 0.6) is 0 Å². The first kappa shape index (κ1) is 13.6. The molecule has 2 aromatic rings. The third-order valence-corrected chi connectivity index (χ3v) is 3.27. The summed E-state index contributed by atoms with van der Waals surface area (Å²) in [6.45, 7) is 5.26. The smallest absolute Gasteiger partial charge is 0.0316 e. The van der Waals surface area contributed by atoms with Crippen LogP contribution in [0, 0.1) is 0 Å². The summed E-state index contributed by atoms with van der Waals surface area (Å²) in [6, 6.07) is 12.3. The van der Waals surface area contributed by atoms with Gasteiger partial charge in [0.05, 0.1) is 0 Å². The lowest BCUT2D eigenvalue weighted by Crippen LogP contribution is -2.25. The first-order valence-electron chi connectivity index (χ1n) is 6.73. The van der Waals surface area contributed by atoms with Gasteiger partial charge in [-0.15, -0.1) is 0 Å². The molecule has 3 heteroatoms. The van der Waals surface area contributed by atoms with Crippen molar-refractivity contribution in [2.75, 3.05) is 18.8 Å². The quantitative estimate of drug-likeness (QED) is 0.807. The average Bonchev–Trinajstić information content (AvgIpc) is 2.44. The van der Waals surface area contributed by atoms with Gasteiger partial charge in [-0.1, -0.05) is 19.1 Å². The first-order valence-corrected chi connectivity index (χ1v) is 6.73. The number of anilines is 1. The number of nitrogens with two attached hydrogens (primary N) is 1. The molecule has 2 N–H and O–H groups in total. The molecule has 0 saturated heterocycles. The van der Waals surface area contributed by atoms with Gasteiger partial charge in [-0.2, -0.15) is 0 Å². The maximum absolute atomic E-state index is 5.80. The van der Waals surface area contributed by atoms with Gasteiger partial charge in [0.1, 0.15) is 0 Å². The van der Waals surface area contributed by atoms with E-state index in [1.807, 2.05) is 24.5 Å². The van der Waals surface area contributed by atoms with Crippen LogP contribution in [-0.2, 0) is 13.0 Å². The Balaban J connectivity index is 1.89. The minimum atomic E-state index is 0.842. The lowest BCUT2D eigenvalue weighted by Gasteiger charge is -2.20. The molecule has 0 aliphatic heterocycles. The second-order valence-corrected chi connectivity index (χ2v) is 4.72. The van der Waals surface area contributed by atoms with E-state index in [9.17, 15) is 0 Å². The topological polar surface area (TPSA) is 42.1 Å². The van der Waals surface area contributed by atoms with Crippen LogP contribution in [0.25, 0.3) is 0 Å². The fraction of sp³-hybridized carbons (Fsp3) is 0.312. The van der Waals surface area contributed by atoms with E-state index >= 15 is 0 Å². The van der Waals surface area contributed by atoms with Crippen LogP contribution in [0.15, 0.2) is 48.8 Å². The number of aromatic nitrogens is 1. The molecule has 0 aliphatic carbocycles. The van der Waals surface area contributed by atoms with Crippen molar-refractivity contribution in [1.82, 2.24) is 9.88 Å². The number of benzene rings is 1. The SMILES string of the molecule is CCN(CCc1cccc(N)c1)Cc1ccncc1. The predicted molar refractivity (Wildman–Crippen MR) is 79.7 cm³/mol. The second-order valence-electron chi connectivity index (χ2n) is 4.72. The summed E-state index contributed by atoms with van der Waals surface area (Å²) in [4.78, 5) is 6.48. The summed E-state index contributed by atoms with van der Waals surface area (Å²) in [5.41, 5.74) is 9.25. The Kier molecular flexibility index (Phi) is 4.93. The molecule has 0 fully saturated rings. The number of hydrogen-bond acceptors (Lipinski definition) is 3. The molecule has 0 bridgehead atoms. The summed E-state index contributed by atoms with van der Waals surface area (Å²) in [5, 5.41) is 0. The van der Waals surface area contributed by atoms with Crippen molar-refractivity contribution in [1.29, 1.82) is 0 Å². The molecule has 1 heterocycles. The van der Waals surface area contributed by atoms with Gasteiger partial charge in [-0.05, 0) is 48.4 Å². The lowest BCUT2D eigenvalue weighted by atomic mass is 10.1. The van der Waals surface area contributed by atoms with Crippen molar-refractivity contribution in [2.45, 2.75) is 19.9 Å². The van der Waals surface area contributed by atoms with Crippen molar-refractivity contribution < 1.29 is 0 Å². The van der Waals surface area contributed by atoms with Gasteiger partial charge >= 0.3 is 0 Å². The highest BCUT2D eigenvalue weighted by atomic mass is 15.1. The van der Waals surface area contributed by atoms with Gasteiger partial charge in [0.15, 0.2) is 0 Å². The Morgan fingerprint density at radius 2 is 1.89 bits per heavy atom. The van der Waals surface area contributed by atoms with Crippen LogP contribution in [0.3, 0.4) is 0 Å². The van der Waals surface area contributed by atoms with Crippen LogP contribution in [0.2, 0.25) is 0 Å². The van der Waals surface area contributed by atoms with Crippen LogP contribution in [0.1, 0.15) is 18.1 Å². The third-order valence-electron chi connectivity index (χ3n) is 3.27. The molecule has 3 nitrogen and oxygen atoms in total. The van der Waals surface area contributed by atoms with E-state index in [0.717, 1.165) is 31.7 Å². The van der Waals surface area contributed by atoms with E-state index in [0.29, 0.717) is 0 Å². The van der Waals surface area contributed by atoms with E-state index in [1.54, 1.807) is 0 Å². The van der Waals surface area contributed by atoms with Crippen molar-refractivity contribution in [3.8, 4) is 0 Å². The summed E-state index contributed by atoms with van der Waals surface area (Å²) >= 11 is 0. The van der Waals surface area contributed by atoms with Gasteiger partial charge < -0.3 is 5.73 Å². The Morgan fingerprint density at radius 1 is 1.11 bits per heavy atom. The number of nitrogens with zero attached hydrogens (tertiary/aromatic N) is 2. The maximum atomic E-state index is 5.80. The molecule has 0 radical (unpaired) electrons. The summed E-state index contributed by atoms with van der Waals surface area (Å²) in [6.07, 6.45) is 4.73. The monoisotopic (exact) mass is 255 g/mol. The fourth-order valence-electron chi connectivity index (χ4n) is 2.13. The second kappa shape index (κ2) is 6.90. The number of nitrogen functional groups attached to an aromatic ring is 1. The van der Waals surface area contributed by atoms with E-state index in [-0.39, 0.29) is 0 Å². The highest BCUT2D eigenvalue weighted by molar-refractivity contribution is 5.40. The van der Waals surface area contributed by atoms with Gasteiger partial charge in [0.2, 0.25) is 0 Å². The summed E-state index contributed by atoms with van der Waals surface area (Å²) < 4.78 is 0. The number of rotatable bonds is 6. The van der Waals surface area contributed by atoms with E-state index < -0.39 is 0 Å². The highest BCUT2D eigenvalue weighted by Crippen LogP contribution is 2.09. The molecule has 1 aromatic carbocycles. The number of likely N-dealkylation sites (N-methyl/N-ethyl adjacent to an activating group) is 1. The number of hydrogen-bond donors (Lipinski definition) is 1. The van der Waals surface area contributed by atoms with Gasteiger partial charge in [-0.25, -0.2) is 0 Å². The van der Waals surface area contributed by atoms with Gasteiger partial charge in [0, 0.05) is 31.2 Å². The minimum absolute atomic E-state index is 0.842. The van der Waals surface area contributed by atoms with Crippen molar-refractivity contribution in [2.24, 2.45) is 0 Å². The molecule has 1 aromatic heterocycles.